The van der Waals surface area contributed by atoms with Crippen LogP contribution in [0.2, 0.25) is 0 Å². The zero-order valence-electron chi connectivity index (χ0n) is 15.4. The van der Waals surface area contributed by atoms with Gasteiger partial charge in [0.05, 0.1) is 18.0 Å². The molecule has 0 aliphatic rings. The number of benzene rings is 2. The van der Waals surface area contributed by atoms with Gasteiger partial charge in [-0.05, 0) is 49.2 Å². The Bertz CT molecular complexity index is 863. The molecule has 7 heteroatoms. The van der Waals surface area contributed by atoms with E-state index < -0.39 is 10.0 Å². The van der Waals surface area contributed by atoms with E-state index in [-0.39, 0.29) is 18.6 Å². The summed E-state index contributed by atoms with van der Waals surface area (Å²) < 4.78 is 29.7. The van der Waals surface area contributed by atoms with Crippen molar-refractivity contribution in [1.82, 2.24) is 5.32 Å². The average molecular weight is 376 g/mol. The van der Waals surface area contributed by atoms with Crippen molar-refractivity contribution >= 4 is 21.6 Å². The molecule has 1 atom stereocenters. The fourth-order valence-corrected chi connectivity index (χ4v) is 3.03. The van der Waals surface area contributed by atoms with Crippen LogP contribution in [-0.2, 0) is 14.8 Å². The molecule has 0 aliphatic carbocycles. The topological polar surface area (TPSA) is 75.7 Å². The highest BCUT2D eigenvalue weighted by atomic mass is 32.2. The largest absolute Gasteiger partial charge is 0.484 e. The summed E-state index contributed by atoms with van der Waals surface area (Å²) in [7, 11) is -1.83. The van der Waals surface area contributed by atoms with Crippen molar-refractivity contribution in [3.05, 3.63) is 59.7 Å². The van der Waals surface area contributed by atoms with Crippen LogP contribution in [0.1, 0.15) is 24.1 Å². The first kappa shape index (κ1) is 19.8. The predicted octanol–water partition coefficient (Wildman–Crippen LogP) is 2.65. The number of nitrogens with zero attached hydrogens (tertiary/aromatic N) is 1. The van der Waals surface area contributed by atoms with Crippen LogP contribution in [0.25, 0.3) is 0 Å². The van der Waals surface area contributed by atoms with E-state index in [9.17, 15) is 13.2 Å². The molecule has 1 N–H and O–H groups in total. The normalized spacial score (nSPS) is 12.3. The van der Waals surface area contributed by atoms with Gasteiger partial charge in [0, 0.05) is 7.05 Å². The van der Waals surface area contributed by atoms with Gasteiger partial charge in [-0.15, -0.1) is 0 Å². The number of hydrogen-bond donors (Lipinski definition) is 1. The number of carbonyl (C=O) groups is 1. The number of nitrogens with one attached hydrogen (secondary N) is 1. The number of aryl methyl sites for hydroxylation is 1. The summed E-state index contributed by atoms with van der Waals surface area (Å²) in [5.41, 5.74) is 2.71. The molecule has 0 saturated heterocycles. The van der Waals surface area contributed by atoms with E-state index in [0.717, 1.165) is 17.4 Å². The van der Waals surface area contributed by atoms with Crippen molar-refractivity contribution in [2.75, 3.05) is 24.2 Å². The molecule has 0 unspecified atom stereocenters. The Morgan fingerprint density at radius 3 is 2.35 bits per heavy atom. The van der Waals surface area contributed by atoms with Crippen molar-refractivity contribution < 1.29 is 17.9 Å². The van der Waals surface area contributed by atoms with E-state index in [1.807, 2.05) is 38.1 Å². The Hall–Kier alpha value is -2.54. The lowest BCUT2D eigenvalue weighted by Gasteiger charge is -2.18. The smallest absolute Gasteiger partial charge is 0.258 e. The summed E-state index contributed by atoms with van der Waals surface area (Å²) in [6, 6.07) is 14.3. The number of hydrogen-bond acceptors (Lipinski definition) is 4. The molecule has 2 aromatic rings. The van der Waals surface area contributed by atoms with Crippen molar-refractivity contribution in [3.63, 3.8) is 0 Å². The van der Waals surface area contributed by atoms with Crippen LogP contribution in [0.4, 0.5) is 5.69 Å². The minimum atomic E-state index is -3.31. The second-order valence-electron chi connectivity index (χ2n) is 6.16. The number of sulfonamides is 1. The monoisotopic (exact) mass is 376 g/mol. The van der Waals surface area contributed by atoms with Crippen LogP contribution in [-0.4, -0.2) is 34.2 Å². The standard InChI is InChI=1S/C19H24N2O4S/c1-14-7-5-6-8-18(14)15(2)20-19(22)13-25-17-11-9-16(10-12-17)21(3)26(4,23)24/h5-12,15H,13H2,1-4H3,(H,20,22)/t15-/m0/s1. The second-order valence-corrected chi connectivity index (χ2v) is 8.17. The maximum Gasteiger partial charge on any atom is 0.258 e. The number of anilines is 1. The summed E-state index contributed by atoms with van der Waals surface area (Å²) in [5, 5.41) is 2.91. The van der Waals surface area contributed by atoms with E-state index in [4.69, 9.17) is 4.74 Å². The van der Waals surface area contributed by atoms with E-state index in [1.54, 1.807) is 24.3 Å². The van der Waals surface area contributed by atoms with Gasteiger partial charge in [-0.25, -0.2) is 8.42 Å². The maximum absolute atomic E-state index is 12.1. The quantitative estimate of drug-likeness (QED) is 0.806. The fourth-order valence-electron chi connectivity index (χ4n) is 2.53. The Morgan fingerprint density at radius 2 is 1.77 bits per heavy atom. The van der Waals surface area contributed by atoms with Crippen LogP contribution < -0.4 is 14.4 Å². The Kier molecular flexibility index (Phi) is 6.26. The van der Waals surface area contributed by atoms with Crippen LogP contribution in [0, 0.1) is 6.92 Å². The van der Waals surface area contributed by atoms with Gasteiger partial charge in [-0.1, -0.05) is 24.3 Å². The Labute approximate surface area is 154 Å². The third-order valence-corrected chi connectivity index (χ3v) is 5.31. The van der Waals surface area contributed by atoms with Gasteiger partial charge in [0.1, 0.15) is 5.75 Å². The van der Waals surface area contributed by atoms with Crippen molar-refractivity contribution in [2.45, 2.75) is 19.9 Å². The Morgan fingerprint density at radius 1 is 1.15 bits per heavy atom. The molecule has 0 saturated carbocycles. The number of amides is 1. The van der Waals surface area contributed by atoms with Gasteiger partial charge in [0.2, 0.25) is 10.0 Å². The van der Waals surface area contributed by atoms with Gasteiger partial charge < -0.3 is 10.1 Å². The number of ether oxygens (including phenoxy) is 1. The lowest BCUT2D eigenvalue weighted by atomic mass is 10.0. The molecule has 0 aromatic heterocycles. The van der Waals surface area contributed by atoms with Crippen molar-refractivity contribution in [1.29, 1.82) is 0 Å². The average Bonchev–Trinajstić information content (AvgIpc) is 2.59. The van der Waals surface area contributed by atoms with Gasteiger partial charge >= 0.3 is 0 Å². The minimum absolute atomic E-state index is 0.113. The predicted molar refractivity (Wildman–Crippen MR) is 103 cm³/mol. The molecule has 0 spiro atoms. The lowest BCUT2D eigenvalue weighted by molar-refractivity contribution is -0.123. The van der Waals surface area contributed by atoms with Gasteiger partial charge in [0.25, 0.3) is 5.91 Å². The van der Waals surface area contributed by atoms with Crippen molar-refractivity contribution in [3.8, 4) is 5.75 Å². The highest BCUT2D eigenvalue weighted by Gasteiger charge is 2.13. The molecule has 1 amide bonds. The third kappa shape index (κ3) is 5.23. The molecule has 26 heavy (non-hydrogen) atoms. The molecule has 0 aliphatic heterocycles. The Balaban J connectivity index is 1.90. The first-order valence-electron chi connectivity index (χ1n) is 8.20. The zero-order valence-corrected chi connectivity index (χ0v) is 16.2. The van der Waals surface area contributed by atoms with E-state index in [0.29, 0.717) is 11.4 Å². The molecule has 2 rings (SSSR count). The highest BCUT2D eigenvalue weighted by molar-refractivity contribution is 7.92. The lowest BCUT2D eigenvalue weighted by Crippen LogP contribution is -2.31. The first-order chi connectivity index (χ1) is 12.2. The van der Waals surface area contributed by atoms with Crippen LogP contribution in [0.5, 0.6) is 5.75 Å². The van der Waals surface area contributed by atoms with Gasteiger partial charge in [-0.3, -0.25) is 9.10 Å². The molecule has 0 radical (unpaired) electrons. The summed E-state index contributed by atoms with van der Waals surface area (Å²) >= 11 is 0. The van der Waals surface area contributed by atoms with Gasteiger partial charge in [0.15, 0.2) is 6.61 Å². The molecule has 0 fully saturated rings. The molecule has 140 valence electrons. The molecular formula is C19H24N2O4S. The van der Waals surface area contributed by atoms with Crippen LogP contribution in [0.3, 0.4) is 0 Å². The third-order valence-electron chi connectivity index (χ3n) is 4.10. The maximum atomic E-state index is 12.1. The summed E-state index contributed by atoms with van der Waals surface area (Å²) in [4.78, 5) is 12.1. The SMILES string of the molecule is Cc1ccccc1[C@H](C)NC(=O)COc1ccc(N(C)S(C)(=O)=O)cc1. The molecule has 0 bridgehead atoms. The van der Waals surface area contributed by atoms with Crippen LogP contribution >= 0.6 is 0 Å². The number of carbonyl (C=O) groups excluding carboxylic acids is 1. The second kappa shape index (κ2) is 8.23. The molecular weight excluding hydrogens is 352 g/mol. The summed E-state index contributed by atoms with van der Waals surface area (Å²) in [6.45, 7) is 3.82. The van der Waals surface area contributed by atoms with E-state index in [2.05, 4.69) is 5.32 Å². The molecule has 2 aromatic carbocycles. The van der Waals surface area contributed by atoms with E-state index in [1.165, 1.54) is 11.4 Å². The van der Waals surface area contributed by atoms with Gasteiger partial charge in [-0.2, -0.15) is 0 Å². The first-order valence-corrected chi connectivity index (χ1v) is 10.0. The van der Waals surface area contributed by atoms with E-state index >= 15 is 0 Å². The summed E-state index contributed by atoms with van der Waals surface area (Å²) in [6.07, 6.45) is 1.14. The van der Waals surface area contributed by atoms with Crippen LogP contribution in [0.15, 0.2) is 48.5 Å². The summed E-state index contributed by atoms with van der Waals surface area (Å²) in [5.74, 6) is 0.271. The molecule has 6 nitrogen and oxygen atoms in total. The highest BCUT2D eigenvalue weighted by Crippen LogP contribution is 2.20. The zero-order chi connectivity index (χ0) is 19.3. The molecule has 0 heterocycles. The minimum Gasteiger partial charge on any atom is -0.484 e. The fraction of sp³-hybridized carbons (Fsp3) is 0.316. The van der Waals surface area contributed by atoms with Crippen molar-refractivity contribution in [2.24, 2.45) is 0 Å². The number of rotatable bonds is 7.